The molecule has 0 saturated heterocycles. The first-order valence-corrected chi connectivity index (χ1v) is 9.39. The normalized spacial score (nSPS) is 10.7. The number of hydrogen-bond acceptors (Lipinski definition) is 3. The quantitative estimate of drug-likeness (QED) is 0.329. The maximum absolute atomic E-state index is 10.7. The average molecular weight is 277 g/mol. The SMILES string of the molecule is CCCCCCCCCCCCSSC(C)=O. The first-order chi connectivity index (χ1) is 8.27. The van der Waals surface area contributed by atoms with Crippen LogP contribution in [0.2, 0.25) is 0 Å². The van der Waals surface area contributed by atoms with Gasteiger partial charge in [-0.2, -0.15) is 0 Å². The van der Waals surface area contributed by atoms with Crippen molar-refractivity contribution in [1.82, 2.24) is 0 Å². The highest BCUT2D eigenvalue weighted by atomic mass is 33.1. The van der Waals surface area contributed by atoms with Crippen molar-refractivity contribution in [3.05, 3.63) is 0 Å². The van der Waals surface area contributed by atoms with Gasteiger partial charge < -0.3 is 0 Å². The van der Waals surface area contributed by atoms with Gasteiger partial charge in [0.15, 0.2) is 5.12 Å². The van der Waals surface area contributed by atoms with E-state index in [1.54, 1.807) is 17.7 Å². The Hall–Kier alpha value is 0.370. The van der Waals surface area contributed by atoms with Crippen LogP contribution in [0.4, 0.5) is 0 Å². The van der Waals surface area contributed by atoms with Gasteiger partial charge >= 0.3 is 0 Å². The molecule has 0 aromatic rings. The molecule has 0 amide bonds. The predicted molar refractivity (Wildman–Crippen MR) is 82.6 cm³/mol. The molecule has 0 heterocycles. The molecule has 0 fully saturated rings. The highest BCUT2D eigenvalue weighted by molar-refractivity contribution is 8.82. The topological polar surface area (TPSA) is 17.1 Å². The Morgan fingerprint density at radius 3 is 1.76 bits per heavy atom. The van der Waals surface area contributed by atoms with Crippen LogP contribution in [0.25, 0.3) is 0 Å². The van der Waals surface area contributed by atoms with E-state index in [1.807, 2.05) is 0 Å². The molecular formula is C14H28OS2. The van der Waals surface area contributed by atoms with E-state index in [0.29, 0.717) is 0 Å². The molecule has 102 valence electrons. The molecular weight excluding hydrogens is 248 g/mol. The summed E-state index contributed by atoms with van der Waals surface area (Å²) in [5.74, 6) is 1.13. The molecule has 0 radical (unpaired) electrons. The summed E-state index contributed by atoms with van der Waals surface area (Å²) in [6.45, 7) is 3.90. The molecule has 0 N–H and O–H groups in total. The van der Waals surface area contributed by atoms with Crippen LogP contribution in [-0.4, -0.2) is 10.9 Å². The van der Waals surface area contributed by atoms with Gasteiger partial charge in [0.1, 0.15) is 0 Å². The summed E-state index contributed by atoms with van der Waals surface area (Å²) in [5, 5.41) is 0.224. The lowest BCUT2D eigenvalue weighted by Crippen LogP contribution is -1.83. The molecule has 0 aliphatic heterocycles. The Morgan fingerprint density at radius 2 is 1.29 bits per heavy atom. The zero-order valence-electron chi connectivity index (χ0n) is 11.5. The molecule has 0 saturated carbocycles. The van der Waals surface area contributed by atoms with Gasteiger partial charge in [0.05, 0.1) is 0 Å². The van der Waals surface area contributed by atoms with Gasteiger partial charge in [-0.05, 0) is 17.2 Å². The second kappa shape index (κ2) is 14.4. The molecule has 0 aliphatic rings. The monoisotopic (exact) mass is 276 g/mol. The van der Waals surface area contributed by atoms with Gasteiger partial charge in [-0.15, -0.1) is 0 Å². The highest BCUT2D eigenvalue weighted by Crippen LogP contribution is 2.23. The lowest BCUT2D eigenvalue weighted by molar-refractivity contribution is -0.109. The minimum atomic E-state index is 0.224. The molecule has 0 spiro atoms. The summed E-state index contributed by atoms with van der Waals surface area (Å²) in [4.78, 5) is 10.7. The fraction of sp³-hybridized carbons (Fsp3) is 0.929. The van der Waals surface area contributed by atoms with Crippen molar-refractivity contribution in [2.24, 2.45) is 0 Å². The zero-order chi connectivity index (χ0) is 12.8. The Bertz CT molecular complexity index is 172. The maximum atomic E-state index is 10.7. The first kappa shape index (κ1) is 17.4. The van der Waals surface area contributed by atoms with Crippen LogP contribution >= 0.6 is 21.6 Å². The third-order valence-corrected chi connectivity index (χ3v) is 5.12. The molecule has 0 aromatic carbocycles. The Kier molecular flexibility index (Phi) is 14.7. The van der Waals surface area contributed by atoms with Crippen LogP contribution in [0.3, 0.4) is 0 Å². The second-order valence-electron chi connectivity index (χ2n) is 4.58. The van der Waals surface area contributed by atoms with Crippen molar-refractivity contribution >= 4 is 26.7 Å². The fourth-order valence-corrected chi connectivity index (χ4v) is 3.45. The Balaban J connectivity index is 2.91. The average Bonchev–Trinajstić information content (AvgIpc) is 2.30. The maximum Gasteiger partial charge on any atom is 0.196 e. The first-order valence-electron chi connectivity index (χ1n) is 7.07. The summed E-state index contributed by atoms with van der Waals surface area (Å²) in [5.41, 5.74) is 0. The minimum absolute atomic E-state index is 0.224. The van der Waals surface area contributed by atoms with Crippen LogP contribution in [-0.2, 0) is 4.79 Å². The van der Waals surface area contributed by atoms with Gasteiger partial charge in [-0.1, -0.05) is 75.5 Å². The predicted octanol–water partition coefficient (Wildman–Crippen LogP) is 5.84. The van der Waals surface area contributed by atoms with E-state index in [0.717, 1.165) is 5.75 Å². The smallest absolute Gasteiger partial charge is 0.196 e. The number of carbonyl (C=O) groups excluding carboxylic acids is 1. The molecule has 0 unspecified atom stereocenters. The summed E-state index contributed by atoms with van der Waals surface area (Å²) >= 11 is 0. The van der Waals surface area contributed by atoms with E-state index in [9.17, 15) is 4.79 Å². The van der Waals surface area contributed by atoms with Crippen LogP contribution in [0, 0.1) is 0 Å². The molecule has 0 aromatic heterocycles. The number of rotatable bonds is 12. The van der Waals surface area contributed by atoms with Gasteiger partial charge in [-0.3, -0.25) is 4.79 Å². The van der Waals surface area contributed by atoms with E-state index in [4.69, 9.17) is 0 Å². The van der Waals surface area contributed by atoms with Crippen molar-refractivity contribution in [2.45, 2.75) is 78.1 Å². The van der Waals surface area contributed by atoms with Crippen LogP contribution in [0.1, 0.15) is 78.1 Å². The molecule has 17 heavy (non-hydrogen) atoms. The summed E-state index contributed by atoms with van der Waals surface area (Å²) in [7, 11) is 3.09. The largest absolute Gasteiger partial charge is 0.287 e. The molecule has 0 atom stereocenters. The Morgan fingerprint density at radius 1 is 0.824 bits per heavy atom. The number of unbranched alkanes of at least 4 members (excludes halogenated alkanes) is 9. The lowest BCUT2D eigenvalue weighted by Gasteiger charge is -2.01. The standard InChI is InChI=1S/C14H28OS2/c1-3-4-5-6-7-8-9-10-11-12-13-16-17-14(2)15/h3-13H2,1-2H3. The highest BCUT2D eigenvalue weighted by Gasteiger charge is 1.95. The van der Waals surface area contributed by atoms with Gasteiger partial charge in [0.2, 0.25) is 0 Å². The van der Waals surface area contributed by atoms with Crippen LogP contribution < -0.4 is 0 Å². The van der Waals surface area contributed by atoms with E-state index in [2.05, 4.69) is 6.92 Å². The fourth-order valence-electron chi connectivity index (χ4n) is 1.77. The van der Waals surface area contributed by atoms with E-state index in [1.165, 1.54) is 75.0 Å². The van der Waals surface area contributed by atoms with Crippen LogP contribution in [0.5, 0.6) is 0 Å². The van der Waals surface area contributed by atoms with E-state index in [-0.39, 0.29) is 5.12 Å². The van der Waals surface area contributed by atoms with Crippen molar-refractivity contribution in [2.75, 3.05) is 5.75 Å². The van der Waals surface area contributed by atoms with Crippen LogP contribution in [0.15, 0.2) is 0 Å². The Labute approximate surface area is 115 Å². The molecule has 0 rings (SSSR count). The summed E-state index contributed by atoms with van der Waals surface area (Å²) in [6.07, 6.45) is 13.8. The second-order valence-corrected chi connectivity index (χ2v) is 7.17. The molecule has 0 aliphatic carbocycles. The lowest BCUT2D eigenvalue weighted by atomic mass is 10.1. The molecule has 1 nitrogen and oxygen atoms in total. The van der Waals surface area contributed by atoms with E-state index >= 15 is 0 Å². The van der Waals surface area contributed by atoms with E-state index < -0.39 is 0 Å². The van der Waals surface area contributed by atoms with Crippen molar-refractivity contribution in [3.8, 4) is 0 Å². The minimum Gasteiger partial charge on any atom is -0.287 e. The zero-order valence-corrected chi connectivity index (χ0v) is 13.1. The summed E-state index contributed by atoms with van der Waals surface area (Å²) in [6, 6.07) is 0. The third kappa shape index (κ3) is 16.4. The molecule has 3 heteroatoms. The van der Waals surface area contributed by atoms with Gasteiger partial charge in [0, 0.05) is 12.7 Å². The number of carbonyl (C=O) groups is 1. The van der Waals surface area contributed by atoms with Gasteiger partial charge in [0.25, 0.3) is 0 Å². The van der Waals surface area contributed by atoms with Crippen molar-refractivity contribution in [3.63, 3.8) is 0 Å². The van der Waals surface area contributed by atoms with Crippen molar-refractivity contribution in [1.29, 1.82) is 0 Å². The number of hydrogen-bond donors (Lipinski definition) is 0. The molecule has 0 bridgehead atoms. The van der Waals surface area contributed by atoms with Crippen molar-refractivity contribution < 1.29 is 4.79 Å². The third-order valence-electron chi connectivity index (χ3n) is 2.76. The summed E-state index contributed by atoms with van der Waals surface area (Å²) < 4.78 is 0. The van der Waals surface area contributed by atoms with Gasteiger partial charge in [-0.25, -0.2) is 0 Å².